The van der Waals surface area contributed by atoms with E-state index >= 15 is 0 Å². The molecule has 0 bridgehead atoms. The van der Waals surface area contributed by atoms with Gasteiger partial charge in [-0.05, 0) is 43.7 Å². The number of rotatable bonds is 9. The van der Waals surface area contributed by atoms with E-state index in [9.17, 15) is 9.59 Å². The summed E-state index contributed by atoms with van der Waals surface area (Å²) >= 11 is 6.14. The molecule has 1 atom stereocenters. The van der Waals surface area contributed by atoms with Gasteiger partial charge in [-0.2, -0.15) is 0 Å². The molecule has 2 N–H and O–H groups in total. The van der Waals surface area contributed by atoms with Crippen molar-refractivity contribution in [1.82, 2.24) is 20.5 Å². The van der Waals surface area contributed by atoms with Crippen LogP contribution in [0, 0.1) is 0 Å². The number of nitrogens with one attached hydrogen (secondary N) is 2. The number of nitrogens with zero attached hydrogens (tertiary/aromatic N) is 2. The van der Waals surface area contributed by atoms with E-state index in [2.05, 4.69) is 20.5 Å². The molecule has 3 aromatic rings. The van der Waals surface area contributed by atoms with Gasteiger partial charge in [0, 0.05) is 35.0 Å². The second kappa shape index (κ2) is 10.7. The number of amides is 1. The number of benzene rings is 2. The topological polar surface area (TPSA) is 97.0 Å². The zero-order chi connectivity index (χ0) is 22.2. The lowest BCUT2D eigenvalue weighted by molar-refractivity contribution is -0.121. The van der Waals surface area contributed by atoms with Gasteiger partial charge in [0.2, 0.25) is 5.91 Å². The number of carbonyl (C=O) groups excluding carboxylic acids is 1. The van der Waals surface area contributed by atoms with Crippen LogP contribution in [0.1, 0.15) is 37.9 Å². The maximum absolute atomic E-state index is 12.3. The van der Waals surface area contributed by atoms with Crippen molar-refractivity contribution < 1.29 is 9.53 Å². The number of aromatic nitrogens is 3. The van der Waals surface area contributed by atoms with Crippen LogP contribution >= 0.6 is 11.6 Å². The second-order valence-electron chi connectivity index (χ2n) is 7.23. The average Bonchev–Trinajstić information content (AvgIpc) is 2.78. The Bertz CT molecular complexity index is 1080. The summed E-state index contributed by atoms with van der Waals surface area (Å²) in [6.07, 6.45) is 1.28. The third-order valence-electron chi connectivity index (χ3n) is 4.85. The van der Waals surface area contributed by atoms with Crippen molar-refractivity contribution in [3.05, 3.63) is 75.2 Å². The molecule has 0 unspecified atom stereocenters. The van der Waals surface area contributed by atoms with Crippen molar-refractivity contribution in [2.24, 2.45) is 0 Å². The Kier molecular flexibility index (Phi) is 7.78. The van der Waals surface area contributed by atoms with Gasteiger partial charge in [0.05, 0.1) is 0 Å². The van der Waals surface area contributed by atoms with Gasteiger partial charge >= 0.3 is 0 Å². The van der Waals surface area contributed by atoms with Gasteiger partial charge < -0.3 is 15.0 Å². The highest BCUT2D eigenvalue weighted by Gasteiger charge is 2.11. The first-order chi connectivity index (χ1) is 15.0. The van der Waals surface area contributed by atoms with Crippen molar-refractivity contribution in [3.8, 4) is 17.1 Å². The summed E-state index contributed by atoms with van der Waals surface area (Å²) in [5.74, 6) is 0.922. The van der Waals surface area contributed by atoms with E-state index in [0.29, 0.717) is 28.8 Å². The lowest BCUT2D eigenvalue weighted by Crippen LogP contribution is -2.32. The van der Waals surface area contributed by atoms with Crippen molar-refractivity contribution in [2.75, 3.05) is 0 Å². The highest BCUT2D eigenvalue weighted by Crippen LogP contribution is 2.21. The fourth-order valence-corrected chi connectivity index (χ4v) is 3.01. The van der Waals surface area contributed by atoms with E-state index < -0.39 is 0 Å². The van der Waals surface area contributed by atoms with Gasteiger partial charge in [0.1, 0.15) is 18.1 Å². The molecule has 1 heterocycles. The molecule has 0 radical (unpaired) electrons. The SMILES string of the molecule is CC[C@H](C)NC(=O)CCc1nnc(-c2ccc(OCc3ccccc3Cl)cc2)[nH]c1=O. The Morgan fingerprint density at radius 3 is 2.58 bits per heavy atom. The quantitative estimate of drug-likeness (QED) is 0.525. The van der Waals surface area contributed by atoms with Gasteiger partial charge in [0.15, 0.2) is 5.82 Å². The number of aromatic amines is 1. The summed E-state index contributed by atoms with van der Waals surface area (Å²) in [6, 6.07) is 14.8. The minimum Gasteiger partial charge on any atom is -0.489 e. The van der Waals surface area contributed by atoms with Gasteiger partial charge in [0.25, 0.3) is 5.56 Å². The molecule has 1 amide bonds. The molecule has 0 saturated carbocycles. The Morgan fingerprint density at radius 2 is 1.90 bits per heavy atom. The van der Waals surface area contributed by atoms with Gasteiger partial charge in [-0.25, -0.2) is 0 Å². The van der Waals surface area contributed by atoms with E-state index in [1.807, 2.05) is 38.1 Å². The molecule has 3 rings (SSSR count). The number of hydrogen-bond acceptors (Lipinski definition) is 5. The Morgan fingerprint density at radius 1 is 1.16 bits per heavy atom. The van der Waals surface area contributed by atoms with Crippen LogP contribution in [0.2, 0.25) is 5.02 Å². The minimum absolute atomic E-state index is 0.105. The van der Waals surface area contributed by atoms with Crippen LogP contribution in [0.15, 0.2) is 53.3 Å². The van der Waals surface area contributed by atoms with E-state index in [-0.39, 0.29) is 36.0 Å². The fourth-order valence-electron chi connectivity index (χ4n) is 2.82. The van der Waals surface area contributed by atoms with Gasteiger partial charge in [-0.1, -0.05) is 36.7 Å². The molecule has 0 spiro atoms. The zero-order valence-corrected chi connectivity index (χ0v) is 18.3. The first-order valence-corrected chi connectivity index (χ1v) is 10.6. The standard InChI is InChI=1S/C23H25ClN4O3/c1-3-15(2)25-21(29)13-12-20-23(30)26-22(28-27-20)16-8-10-18(11-9-16)31-14-17-6-4-5-7-19(17)24/h4-11,15H,3,12-14H2,1-2H3,(H,25,29)(H,26,28,30)/t15-/m0/s1. The third-order valence-corrected chi connectivity index (χ3v) is 5.22. The third kappa shape index (κ3) is 6.39. The molecule has 0 aliphatic rings. The molecule has 0 aliphatic heterocycles. The summed E-state index contributed by atoms with van der Waals surface area (Å²) in [5.41, 5.74) is 1.50. The van der Waals surface area contributed by atoms with Crippen molar-refractivity contribution in [2.45, 2.75) is 45.8 Å². The molecule has 7 nitrogen and oxygen atoms in total. The van der Waals surface area contributed by atoms with Crippen LogP contribution in [-0.4, -0.2) is 27.1 Å². The lowest BCUT2D eigenvalue weighted by atomic mass is 10.2. The molecule has 0 saturated heterocycles. The molecule has 1 aromatic heterocycles. The first kappa shape index (κ1) is 22.5. The molecule has 0 aliphatic carbocycles. The molecule has 162 valence electrons. The summed E-state index contributed by atoms with van der Waals surface area (Å²) < 4.78 is 5.77. The predicted molar refractivity (Wildman–Crippen MR) is 120 cm³/mol. The number of carbonyl (C=O) groups is 1. The molecular weight excluding hydrogens is 416 g/mol. The monoisotopic (exact) mass is 440 g/mol. The summed E-state index contributed by atoms with van der Waals surface area (Å²) in [4.78, 5) is 27.0. The molecule has 8 heteroatoms. The largest absolute Gasteiger partial charge is 0.489 e. The van der Waals surface area contributed by atoms with Gasteiger partial charge in [-0.3, -0.25) is 9.59 Å². The van der Waals surface area contributed by atoms with Crippen LogP contribution in [0.4, 0.5) is 0 Å². The van der Waals surface area contributed by atoms with Crippen LogP contribution in [0.5, 0.6) is 5.75 Å². The summed E-state index contributed by atoms with van der Waals surface area (Å²) in [5, 5.41) is 11.6. The highest BCUT2D eigenvalue weighted by molar-refractivity contribution is 6.31. The number of ether oxygens (including phenoxy) is 1. The van der Waals surface area contributed by atoms with Crippen LogP contribution in [0.3, 0.4) is 0 Å². The maximum atomic E-state index is 12.3. The van der Waals surface area contributed by atoms with Gasteiger partial charge in [-0.15, -0.1) is 10.2 Å². The average molecular weight is 441 g/mol. The normalized spacial score (nSPS) is 11.7. The van der Waals surface area contributed by atoms with E-state index in [0.717, 1.165) is 12.0 Å². The summed E-state index contributed by atoms with van der Waals surface area (Å²) in [7, 11) is 0. The lowest BCUT2D eigenvalue weighted by Gasteiger charge is -2.10. The van der Waals surface area contributed by atoms with Crippen LogP contribution < -0.4 is 15.6 Å². The number of hydrogen-bond donors (Lipinski definition) is 2. The van der Waals surface area contributed by atoms with Crippen molar-refractivity contribution in [1.29, 1.82) is 0 Å². The van der Waals surface area contributed by atoms with Crippen molar-refractivity contribution in [3.63, 3.8) is 0 Å². The second-order valence-corrected chi connectivity index (χ2v) is 7.64. The number of H-pyrrole nitrogens is 1. The predicted octanol–water partition coefficient (Wildman–Crippen LogP) is 3.91. The zero-order valence-electron chi connectivity index (χ0n) is 17.5. The maximum Gasteiger partial charge on any atom is 0.273 e. The molecule has 31 heavy (non-hydrogen) atoms. The summed E-state index contributed by atoms with van der Waals surface area (Å²) in [6.45, 7) is 4.29. The van der Waals surface area contributed by atoms with E-state index in [4.69, 9.17) is 16.3 Å². The van der Waals surface area contributed by atoms with E-state index in [1.165, 1.54) is 0 Å². The fraction of sp³-hybridized carbons (Fsp3) is 0.304. The Labute approximate surface area is 185 Å². The Balaban J connectivity index is 1.60. The van der Waals surface area contributed by atoms with Crippen LogP contribution in [0.25, 0.3) is 11.4 Å². The molecule has 2 aromatic carbocycles. The minimum atomic E-state index is -0.347. The smallest absolute Gasteiger partial charge is 0.273 e. The highest BCUT2D eigenvalue weighted by atomic mass is 35.5. The number of halogens is 1. The molecule has 0 fully saturated rings. The van der Waals surface area contributed by atoms with Crippen LogP contribution in [-0.2, 0) is 17.8 Å². The van der Waals surface area contributed by atoms with Crippen molar-refractivity contribution >= 4 is 17.5 Å². The van der Waals surface area contributed by atoms with E-state index in [1.54, 1.807) is 24.3 Å². The number of aryl methyl sites for hydroxylation is 1. The molecular formula is C23H25ClN4O3. The first-order valence-electron chi connectivity index (χ1n) is 10.2. The Hall–Kier alpha value is -3.19.